The first kappa shape index (κ1) is 25.4. The molecule has 2 aromatic heterocycles. The van der Waals surface area contributed by atoms with E-state index in [2.05, 4.69) is 38.8 Å². The standard InChI is InChI=1S/C29H37FN6O/c1-17-8-10-20(4)36(16-17)28-21-14-19(3)25(24-18(2)9-11-23-22(24)15-31-34-23)26(30)27(21)32-29(33-28)37-13-7-12-35(5)6/h9,11,14-15,17,20H,7-8,10,12-13,16H2,1-6H3,(H,31,34)/t17-,20-/m0/s1. The molecule has 2 atom stereocenters. The van der Waals surface area contributed by atoms with Gasteiger partial charge in [-0.15, -0.1) is 0 Å². The number of piperidine rings is 1. The van der Waals surface area contributed by atoms with Crippen molar-refractivity contribution in [2.24, 2.45) is 5.92 Å². The second kappa shape index (κ2) is 10.2. The summed E-state index contributed by atoms with van der Waals surface area (Å²) in [5.41, 5.74) is 4.42. The van der Waals surface area contributed by atoms with E-state index in [1.807, 2.05) is 46.1 Å². The summed E-state index contributed by atoms with van der Waals surface area (Å²) in [6.07, 6.45) is 4.86. The highest BCUT2D eigenvalue weighted by Crippen LogP contribution is 2.41. The van der Waals surface area contributed by atoms with Gasteiger partial charge >= 0.3 is 6.01 Å². The minimum absolute atomic E-state index is 0.235. The molecule has 37 heavy (non-hydrogen) atoms. The molecule has 0 bridgehead atoms. The molecule has 7 nitrogen and oxygen atoms in total. The van der Waals surface area contributed by atoms with Crippen LogP contribution in [0.15, 0.2) is 24.4 Å². The summed E-state index contributed by atoms with van der Waals surface area (Å²) >= 11 is 0. The molecule has 0 unspecified atom stereocenters. The van der Waals surface area contributed by atoms with E-state index < -0.39 is 0 Å². The van der Waals surface area contributed by atoms with Crippen molar-refractivity contribution >= 4 is 27.6 Å². The molecule has 2 aromatic carbocycles. The number of H-pyrrole nitrogens is 1. The van der Waals surface area contributed by atoms with Crippen LogP contribution in [0.25, 0.3) is 32.9 Å². The van der Waals surface area contributed by atoms with Crippen LogP contribution in [0, 0.1) is 25.6 Å². The highest BCUT2D eigenvalue weighted by molar-refractivity contribution is 6.01. The lowest BCUT2D eigenvalue weighted by atomic mass is 9.91. The summed E-state index contributed by atoms with van der Waals surface area (Å²) in [7, 11) is 4.07. The Kier molecular flexibility index (Phi) is 7.03. The lowest BCUT2D eigenvalue weighted by Crippen LogP contribution is -2.41. The zero-order valence-corrected chi connectivity index (χ0v) is 22.7. The third-order valence-electron chi connectivity index (χ3n) is 7.54. The fourth-order valence-corrected chi connectivity index (χ4v) is 5.49. The normalized spacial score (nSPS) is 18.3. The van der Waals surface area contributed by atoms with Crippen molar-refractivity contribution in [3.05, 3.63) is 41.3 Å². The van der Waals surface area contributed by atoms with Crippen molar-refractivity contribution in [2.75, 3.05) is 38.7 Å². The lowest BCUT2D eigenvalue weighted by molar-refractivity contribution is 0.264. The molecular weight excluding hydrogens is 467 g/mol. The summed E-state index contributed by atoms with van der Waals surface area (Å²) in [5.74, 6) is 0.960. The van der Waals surface area contributed by atoms with Gasteiger partial charge < -0.3 is 14.5 Å². The molecule has 0 saturated carbocycles. The maximum Gasteiger partial charge on any atom is 0.319 e. The molecule has 0 radical (unpaired) electrons. The molecule has 1 N–H and O–H groups in total. The van der Waals surface area contributed by atoms with Crippen LogP contribution in [-0.2, 0) is 0 Å². The molecule has 0 amide bonds. The van der Waals surface area contributed by atoms with E-state index in [0.717, 1.165) is 64.7 Å². The SMILES string of the molecule is Cc1cc2c(N3C[C@@H](C)CC[C@@H]3C)nc(OCCCN(C)C)nc2c(F)c1-c1c(C)ccc2[nH]ncc12. The maximum absolute atomic E-state index is 16.6. The average molecular weight is 505 g/mol. The number of aryl methyl sites for hydroxylation is 2. The largest absolute Gasteiger partial charge is 0.463 e. The third-order valence-corrected chi connectivity index (χ3v) is 7.54. The monoisotopic (exact) mass is 504 g/mol. The fourth-order valence-electron chi connectivity index (χ4n) is 5.49. The van der Waals surface area contributed by atoms with Gasteiger partial charge in [0.1, 0.15) is 11.3 Å². The smallest absolute Gasteiger partial charge is 0.319 e. The van der Waals surface area contributed by atoms with Crippen LogP contribution in [0.2, 0.25) is 0 Å². The number of anilines is 1. The molecule has 196 valence electrons. The lowest BCUT2D eigenvalue weighted by Gasteiger charge is -2.38. The predicted molar refractivity (Wildman–Crippen MR) is 148 cm³/mol. The van der Waals surface area contributed by atoms with E-state index in [4.69, 9.17) is 9.72 Å². The van der Waals surface area contributed by atoms with E-state index in [0.29, 0.717) is 29.6 Å². The van der Waals surface area contributed by atoms with Gasteiger partial charge in [0, 0.05) is 35.5 Å². The molecule has 1 fully saturated rings. The van der Waals surface area contributed by atoms with E-state index in [-0.39, 0.29) is 11.8 Å². The minimum Gasteiger partial charge on any atom is -0.463 e. The number of rotatable bonds is 7. The summed E-state index contributed by atoms with van der Waals surface area (Å²) in [4.78, 5) is 13.9. The Morgan fingerprint density at radius 3 is 2.68 bits per heavy atom. The summed E-state index contributed by atoms with van der Waals surface area (Å²) < 4.78 is 22.6. The van der Waals surface area contributed by atoms with Gasteiger partial charge in [-0.1, -0.05) is 13.0 Å². The summed E-state index contributed by atoms with van der Waals surface area (Å²) in [6, 6.07) is 6.57. The van der Waals surface area contributed by atoms with Crippen LogP contribution >= 0.6 is 0 Å². The van der Waals surface area contributed by atoms with Gasteiger partial charge in [-0.3, -0.25) is 5.10 Å². The first-order valence-corrected chi connectivity index (χ1v) is 13.2. The number of hydrogen-bond acceptors (Lipinski definition) is 6. The first-order chi connectivity index (χ1) is 17.7. The highest BCUT2D eigenvalue weighted by atomic mass is 19.1. The molecule has 1 aliphatic rings. The van der Waals surface area contributed by atoms with Crippen LogP contribution in [0.5, 0.6) is 6.01 Å². The van der Waals surface area contributed by atoms with Crippen LogP contribution < -0.4 is 9.64 Å². The predicted octanol–water partition coefficient (Wildman–Crippen LogP) is 5.88. The second-order valence-electron chi connectivity index (χ2n) is 10.9. The Bertz CT molecular complexity index is 1430. The molecule has 1 aliphatic heterocycles. The zero-order valence-electron chi connectivity index (χ0n) is 22.7. The summed E-state index contributed by atoms with van der Waals surface area (Å²) in [6.45, 7) is 10.7. The van der Waals surface area contributed by atoms with Gasteiger partial charge in [-0.05, 0) is 88.9 Å². The van der Waals surface area contributed by atoms with Crippen molar-refractivity contribution in [1.29, 1.82) is 0 Å². The zero-order chi connectivity index (χ0) is 26.3. The number of benzene rings is 2. The Hall–Kier alpha value is -3.26. The van der Waals surface area contributed by atoms with Crippen LogP contribution in [0.1, 0.15) is 44.2 Å². The van der Waals surface area contributed by atoms with Crippen LogP contribution in [-0.4, -0.2) is 64.9 Å². The summed E-state index contributed by atoms with van der Waals surface area (Å²) in [5, 5.41) is 8.85. The maximum atomic E-state index is 16.6. The molecule has 3 heterocycles. The number of hydrogen-bond donors (Lipinski definition) is 1. The molecule has 1 saturated heterocycles. The number of nitrogens with one attached hydrogen (secondary N) is 1. The van der Waals surface area contributed by atoms with E-state index in [1.54, 1.807) is 6.20 Å². The minimum atomic E-state index is -0.341. The van der Waals surface area contributed by atoms with E-state index >= 15 is 4.39 Å². The van der Waals surface area contributed by atoms with Crippen LogP contribution in [0.3, 0.4) is 0 Å². The van der Waals surface area contributed by atoms with Crippen molar-refractivity contribution in [1.82, 2.24) is 25.1 Å². The number of nitrogens with zero attached hydrogens (tertiary/aromatic N) is 5. The first-order valence-electron chi connectivity index (χ1n) is 13.2. The van der Waals surface area contributed by atoms with Crippen molar-refractivity contribution in [3.8, 4) is 17.1 Å². The van der Waals surface area contributed by atoms with Crippen LogP contribution in [0.4, 0.5) is 10.2 Å². The van der Waals surface area contributed by atoms with E-state index in [1.165, 1.54) is 6.42 Å². The number of fused-ring (bicyclic) bond motifs is 2. The van der Waals surface area contributed by atoms with Gasteiger partial charge in [0.25, 0.3) is 0 Å². The molecule has 5 rings (SSSR count). The van der Waals surface area contributed by atoms with Gasteiger partial charge in [0.2, 0.25) is 0 Å². The number of aromatic amines is 1. The van der Waals surface area contributed by atoms with Gasteiger partial charge in [-0.25, -0.2) is 4.39 Å². The number of ether oxygens (including phenoxy) is 1. The fraction of sp³-hybridized carbons (Fsp3) is 0.483. The topological polar surface area (TPSA) is 70.2 Å². The Morgan fingerprint density at radius 1 is 1.08 bits per heavy atom. The van der Waals surface area contributed by atoms with E-state index in [9.17, 15) is 0 Å². The molecule has 4 aromatic rings. The second-order valence-corrected chi connectivity index (χ2v) is 10.9. The third kappa shape index (κ3) is 4.87. The van der Waals surface area contributed by atoms with Gasteiger partial charge in [0.15, 0.2) is 5.82 Å². The highest BCUT2D eigenvalue weighted by Gasteiger charge is 2.29. The van der Waals surface area contributed by atoms with Crippen molar-refractivity contribution in [2.45, 2.75) is 53.0 Å². The van der Waals surface area contributed by atoms with Crippen molar-refractivity contribution in [3.63, 3.8) is 0 Å². The van der Waals surface area contributed by atoms with Crippen molar-refractivity contribution < 1.29 is 9.13 Å². The van der Waals surface area contributed by atoms with Gasteiger partial charge in [0.05, 0.1) is 18.3 Å². The Labute approximate surface area is 218 Å². The Morgan fingerprint density at radius 2 is 1.89 bits per heavy atom. The molecule has 8 heteroatoms. The molecule has 0 aliphatic carbocycles. The molecule has 0 spiro atoms. The number of halogens is 1. The number of aromatic nitrogens is 4. The van der Waals surface area contributed by atoms with Gasteiger partial charge in [-0.2, -0.15) is 15.1 Å². The average Bonchev–Trinajstić information content (AvgIpc) is 3.33. The quantitative estimate of drug-likeness (QED) is 0.317. The Balaban J connectivity index is 1.69. The molecular formula is C29H37FN6O.